The molecular weight excluding hydrogens is 236 g/mol. The normalized spacial score (nSPS) is 22.7. The largest absolute Gasteiger partial charge is 0.203 e. The van der Waals surface area contributed by atoms with Crippen molar-refractivity contribution >= 4 is 0 Å². The molecule has 0 fully saturated rings. The van der Waals surface area contributed by atoms with Gasteiger partial charge in [0.15, 0.2) is 0 Å². The quantitative estimate of drug-likeness (QED) is 0.616. The van der Waals surface area contributed by atoms with Crippen LogP contribution in [0, 0.1) is 0 Å². The van der Waals surface area contributed by atoms with Gasteiger partial charge < -0.3 is 0 Å². The minimum absolute atomic E-state index is 0.500. The van der Waals surface area contributed by atoms with Crippen molar-refractivity contribution in [1.82, 2.24) is 0 Å². The summed E-state index contributed by atoms with van der Waals surface area (Å²) < 4.78 is 0. The maximum absolute atomic E-state index is 4.73. The van der Waals surface area contributed by atoms with E-state index in [1.54, 1.807) is 0 Å². The smallest absolute Gasteiger partial charge is 0.0855 e. The first kappa shape index (κ1) is 15.3. The number of hydrogen-bond donors (Lipinski definition) is 0. The van der Waals surface area contributed by atoms with Gasteiger partial charge in [0.25, 0.3) is 0 Å². The Hall–Kier alpha value is -0.720. The summed E-state index contributed by atoms with van der Waals surface area (Å²) in [5.74, 6) is 0. The molecule has 0 aliphatic carbocycles. The average Bonchev–Trinajstić information content (AvgIpc) is 2.39. The Morgan fingerprint density at radius 1 is 0.611 bits per heavy atom. The zero-order valence-electron chi connectivity index (χ0n) is 11.0. The summed E-state index contributed by atoms with van der Waals surface area (Å²) in [6, 6.07) is 0. The lowest BCUT2D eigenvalue weighted by Crippen LogP contribution is -1.97. The molecule has 0 aromatic rings. The first-order chi connectivity index (χ1) is 9.00. The third-order valence-electron chi connectivity index (χ3n) is 2.93. The second-order valence-electron chi connectivity index (χ2n) is 4.51. The van der Waals surface area contributed by atoms with Crippen molar-refractivity contribution in [2.45, 2.75) is 64.2 Å². The molecule has 0 radical (unpaired) electrons. The van der Waals surface area contributed by atoms with Gasteiger partial charge in [-0.25, -0.2) is 4.89 Å². The Kier molecular flexibility index (Phi) is 10.8. The van der Waals surface area contributed by atoms with Crippen molar-refractivity contribution in [1.29, 1.82) is 0 Å². The predicted molar refractivity (Wildman–Crippen MR) is 65.1 cm³/mol. The topological polar surface area (TPSA) is 61.6 Å². The van der Waals surface area contributed by atoms with Gasteiger partial charge in [-0.05, 0) is 17.9 Å². The molecule has 1 aliphatic heterocycles. The Balaban J connectivity index is 2.06. The van der Waals surface area contributed by atoms with Crippen LogP contribution in [0.15, 0.2) is 10.4 Å². The van der Waals surface area contributed by atoms with Crippen LogP contribution in [-0.4, -0.2) is 13.2 Å². The minimum Gasteiger partial charge on any atom is -0.203 e. The molecule has 0 aromatic heterocycles. The van der Waals surface area contributed by atoms with Crippen LogP contribution in [0.2, 0.25) is 0 Å². The van der Waals surface area contributed by atoms with Crippen LogP contribution in [0.4, 0.5) is 0 Å². The van der Waals surface area contributed by atoms with E-state index in [0.717, 1.165) is 19.3 Å². The second-order valence-corrected chi connectivity index (χ2v) is 4.51. The van der Waals surface area contributed by atoms with E-state index >= 15 is 0 Å². The fraction of sp³-hybridized carbons (Fsp3) is 1.00. The Bertz CT molecular complexity index is 183. The van der Waals surface area contributed by atoms with E-state index in [1.807, 2.05) is 0 Å². The van der Waals surface area contributed by atoms with Gasteiger partial charge in [0.2, 0.25) is 0 Å². The highest BCUT2D eigenvalue weighted by Gasteiger charge is 1.95. The van der Waals surface area contributed by atoms with Crippen molar-refractivity contribution in [3.63, 3.8) is 0 Å². The van der Waals surface area contributed by atoms with Gasteiger partial charge in [-0.3, -0.25) is 0 Å². The molecule has 0 saturated carbocycles. The van der Waals surface area contributed by atoms with Gasteiger partial charge >= 0.3 is 0 Å². The van der Waals surface area contributed by atoms with Gasteiger partial charge in [0.05, 0.1) is 18.4 Å². The molecule has 0 unspecified atom stereocenters. The van der Waals surface area contributed by atoms with Crippen LogP contribution in [0.25, 0.3) is 0 Å². The molecule has 1 rings (SSSR count). The molecule has 0 N–H and O–H groups in total. The summed E-state index contributed by atoms with van der Waals surface area (Å²) in [6.07, 6.45) is 12.2. The summed E-state index contributed by atoms with van der Waals surface area (Å²) in [4.78, 5) is 9.02. The summed E-state index contributed by atoms with van der Waals surface area (Å²) >= 11 is 0. The van der Waals surface area contributed by atoms with Gasteiger partial charge in [-0.1, -0.05) is 51.4 Å². The first-order valence-electron chi connectivity index (χ1n) is 6.99. The van der Waals surface area contributed by atoms with Gasteiger partial charge in [0.1, 0.15) is 0 Å². The van der Waals surface area contributed by atoms with E-state index in [0.29, 0.717) is 13.2 Å². The average molecular weight is 260 g/mol. The molecule has 1 heterocycles. The fourth-order valence-corrected chi connectivity index (χ4v) is 1.90. The molecule has 0 amide bonds. The molecule has 0 saturated heterocycles. The molecule has 6 heteroatoms. The number of rotatable bonds is 0. The van der Waals surface area contributed by atoms with Gasteiger partial charge in [-0.2, -0.15) is 10.1 Å². The van der Waals surface area contributed by atoms with Crippen LogP contribution in [0.5, 0.6) is 0 Å². The fourth-order valence-electron chi connectivity index (χ4n) is 1.90. The molecule has 6 nitrogen and oxygen atoms in total. The zero-order valence-corrected chi connectivity index (χ0v) is 11.0. The van der Waals surface area contributed by atoms with Crippen molar-refractivity contribution in [2.75, 3.05) is 13.2 Å². The van der Waals surface area contributed by atoms with E-state index in [2.05, 4.69) is 25.5 Å². The Labute approximate surface area is 108 Å². The summed E-state index contributed by atoms with van der Waals surface area (Å²) in [7, 11) is 0. The highest BCUT2D eigenvalue weighted by molar-refractivity contribution is 4.48. The molecule has 0 atom stereocenters. The summed E-state index contributed by atoms with van der Waals surface area (Å²) in [6.45, 7) is 1.16. The summed E-state index contributed by atoms with van der Waals surface area (Å²) in [5, 5.41) is 15.6. The van der Waals surface area contributed by atoms with Crippen molar-refractivity contribution in [2.24, 2.45) is 10.4 Å². The SMILES string of the molecule is C1CCCCCCOOOON=NCCCCC1. The van der Waals surface area contributed by atoms with E-state index in [4.69, 9.17) is 4.89 Å². The van der Waals surface area contributed by atoms with Crippen LogP contribution >= 0.6 is 0 Å². The molecule has 0 aromatic carbocycles. The van der Waals surface area contributed by atoms with Crippen molar-refractivity contribution < 1.29 is 20.0 Å². The van der Waals surface area contributed by atoms with Crippen molar-refractivity contribution in [3.05, 3.63) is 0 Å². The van der Waals surface area contributed by atoms with Crippen LogP contribution in [0.1, 0.15) is 64.2 Å². The van der Waals surface area contributed by atoms with E-state index in [9.17, 15) is 0 Å². The van der Waals surface area contributed by atoms with Crippen LogP contribution in [-0.2, 0) is 20.0 Å². The van der Waals surface area contributed by atoms with Gasteiger partial charge in [-0.15, -0.1) is 0 Å². The lowest BCUT2D eigenvalue weighted by Gasteiger charge is -2.03. The van der Waals surface area contributed by atoms with Crippen LogP contribution in [0.3, 0.4) is 0 Å². The van der Waals surface area contributed by atoms with E-state index in [1.165, 1.54) is 44.9 Å². The third-order valence-corrected chi connectivity index (χ3v) is 2.93. The Morgan fingerprint density at radius 3 is 1.94 bits per heavy atom. The third kappa shape index (κ3) is 10.4. The molecule has 0 bridgehead atoms. The van der Waals surface area contributed by atoms with E-state index in [-0.39, 0.29) is 0 Å². The maximum Gasteiger partial charge on any atom is 0.0855 e. The summed E-state index contributed by atoms with van der Waals surface area (Å²) in [5.41, 5.74) is 0. The molecule has 106 valence electrons. The second kappa shape index (κ2) is 12.7. The highest BCUT2D eigenvalue weighted by Crippen LogP contribution is 2.11. The lowest BCUT2D eigenvalue weighted by atomic mass is 10.1. The minimum atomic E-state index is 0.500. The standard InChI is InChI=1S/C12H24N2O4/c1-2-4-6-8-10-12-15-17-18-16-14-13-11-9-7-5-3-1/h1-12H2. The highest BCUT2D eigenvalue weighted by atomic mass is 17.7. The molecule has 1 aliphatic rings. The Morgan fingerprint density at radius 2 is 1.22 bits per heavy atom. The lowest BCUT2D eigenvalue weighted by molar-refractivity contribution is -0.637. The monoisotopic (exact) mass is 260 g/mol. The maximum atomic E-state index is 4.73. The van der Waals surface area contributed by atoms with Gasteiger partial charge in [0, 0.05) is 5.04 Å². The number of hydrogen-bond acceptors (Lipinski definition) is 6. The molecular formula is C12H24N2O4. The number of nitrogens with zero attached hydrogens (tertiary/aromatic N) is 2. The van der Waals surface area contributed by atoms with Crippen molar-refractivity contribution in [3.8, 4) is 0 Å². The predicted octanol–water partition coefficient (Wildman–Crippen LogP) is 4.08. The van der Waals surface area contributed by atoms with Crippen LogP contribution < -0.4 is 0 Å². The zero-order chi connectivity index (χ0) is 12.7. The first-order valence-corrected chi connectivity index (χ1v) is 6.99. The molecule has 18 heavy (non-hydrogen) atoms. The van der Waals surface area contributed by atoms with E-state index < -0.39 is 0 Å². The molecule has 0 spiro atoms.